The summed E-state index contributed by atoms with van der Waals surface area (Å²) in [5.74, 6) is 1.25. The van der Waals surface area contributed by atoms with Crippen molar-refractivity contribution in [1.82, 2.24) is 9.97 Å². The number of nitrogens with zero attached hydrogens (tertiary/aromatic N) is 3. The van der Waals surface area contributed by atoms with Crippen LogP contribution < -0.4 is 10.5 Å². The average Bonchev–Trinajstić information content (AvgIpc) is 3.22. The zero-order valence-electron chi connectivity index (χ0n) is 10.5. The lowest BCUT2D eigenvalue weighted by atomic mass is 10.2. The summed E-state index contributed by atoms with van der Waals surface area (Å²) in [6.45, 7) is 0. The van der Waals surface area contributed by atoms with Gasteiger partial charge in [0.05, 0.1) is 5.56 Å². The third-order valence-corrected chi connectivity index (χ3v) is 2.97. The van der Waals surface area contributed by atoms with Gasteiger partial charge in [-0.25, -0.2) is 9.37 Å². The molecule has 20 heavy (non-hydrogen) atoms. The van der Waals surface area contributed by atoms with E-state index < -0.39 is 5.82 Å². The van der Waals surface area contributed by atoms with Gasteiger partial charge in [0.25, 0.3) is 0 Å². The summed E-state index contributed by atoms with van der Waals surface area (Å²) in [5.41, 5.74) is 5.68. The third-order valence-electron chi connectivity index (χ3n) is 2.97. The zero-order chi connectivity index (χ0) is 14.1. The second-order valence-corrected chi connectivity index (χ2v) is 4.62. The molecule has 2 N–H and O–H groups in total. The van der Waals surface area contributed by atoms with Gasteiger partial charge in [-0.05, 0) is 25.0 Å². The van der Waals surface area contributed by atoms with Gasteiger partial charge in [-0.3, -0.25) is 0 Å². The van der Waals surface area contributed by atoms with Crippen LogP contribution >= 0.6 is 0 Å². The number of nitrogen functional groups attached to an aromatic ring is 1. The largest absolute Gasteiger partial charge is 0.439 e. The Bertz CT molecular complexity index is 707. The Hall–Kier alpha value is -2.68. The second kappa shape index (κ2) is 4.78. The molecule has 3 rings (SSSR count). The maximum absolute atomic E-state index is 13.5. The average molecular weight is 270 g/mol. The van der Waals surface area contributed by atoms with Gasteiger partial charge in [0.2, 0.25) is 5.88 Å². The molecule has 2 aromatic rings. The molecule has 0 saturated heterocycles. The fraction of sp³-hybridized carbons (Fsp3) is 0.214. The van der Waals surface area contributed by atoms with E-state index in [0.29, 0.717) is 17.6 Å². The summed E-state index contributed by atoms with van der Waals surface area (Å²) < 4.78 is 19.0. The lowest BCUT2D eigenvalue weighted by Crippen LogP contribution is -2.00. The Balaban J connectivity index is 1.87. The van der Waals surface area contributed by atoms with Gasteiger partial charge >= 0.3 is 0 Å². The van der Waals surface area contributed by atoms with E-state index >= 15 is 0 Å². The molecule has 0 spiro atoms. The quantitative estimate of drug-likeness (QED) is 0.926. The molecule has 1 fully saturated rings. The van der Waals surface area contributed by atoms with E-state index in [1.165, 1.54) is 18.2 Å². The van der Waals surface area contributed by atoms with Crippen molar-refractivity contribution in [1.29, 1.82) is 5.26 Å². The van der Waals surface area contributed by atoms with Gasteiger partial charge in [0.15, 0.2) is 0 Å². The summed E-state index contributed by atoms with van der Waals surface area (Å²) in [5, 5.41) is 8.67. The maximum Gasteiger partial charge on any atom is 0.224 e. The van der Waals surface area contributed by atoms with Crippen LogP contribution in [-0.2, 0) is 0 Å². The molecule has 0 bridgehead atoms. The Labute approximate surface area is 114 Å². The summed E-state index contributed by atoms with van der Waals surface area (Å²) in [6.07, 6.45) is 2.10. The number of anilines is 1. The summed E-state index contributed by atoms with van der Waals surface area (Å²) >= 11 is 0. The number of ether oxygens (including phenoxy) is 1. The van der Waals surface area contributed by atoms with Crippen molar-refractivity contribution in [2.45, 2.75) is 18.8 Å². The molecule has 1 saturated carbocycles. The third kappa shape index (κ3) is 2.52. The second-order valence-electron chi connectivity index (χ2n) is 4.62. The van der Waals surface area contributed by atoms with Crippen LogP contribution in [0.25, 0.3) is 0 Å². The minimum atomic E-state index is -0.630. The standard InChI is InChI=1S/C14H11FN4O/c15-11-5-10(4-3-9(11)7-16)20-13-6-12(17)18-14(19-13)8-1-2-8/h3-6,8H,1-2H2,(H2,17,18,19). The lowest BCUT2D eigenvalue weighted by Gasteiger charge is -2.07. The molecule has 0 unspecified atom stereocenters. The van der Waals surface area contributed by atoms with Crippen LogP contribution in [0.4, 0.5) is 10.2 Å². The van der Waals surface area contributed by atoms with E-state index in [-0.39, 0.29) is 17.2 Å². The fourth-order valence-electron chi connectivity index (χ4n) is 1.81. The Morgan fingerprint density at radius 1 is 1.30 bits per heavy atom. The fourth-order valence-corrected chi connectivity index (χ4v) is 1.81. The van der Waals surface area contributed by atoms with Crippen LogP contribution in [0.5, 0.6) is 11.6 Å². The minimum absolute atomic E-state index is 0.0294. The van der Waals surface area contributed by atoms with Crippen LogP contribution in [0, 0.1) is 17.1 Å². The number of halogens is 1. The van der Waals surface area contributed by atoms with Crippen molar-refractivity contribution >= 4 is 5.82 Å². The van der Waals surface area contributed by atoms with E-state index in [4.69, 9.17) is 15.7 Å². The zero-order valence-corrected chi connectivity index (χ0v) is 10.5. The normalized spacial score (nSPS) is 13.8. The van der Waals surface area contributed by atoms with Crippen LogP contribution in [0.3, 0.4) is 0 Å². The first-order chi connectivity index (χ1) is 9.65. The van der Waals surface area contributed by atoms with Gasteiger partial charge < -0.3 is 10.5 Å². The molecule has 5 nitrogen and oxygen atoms in total. The van der Waals surface area contributed by atoms with Crippen molar-refractivity contribution in [2.75, 3.05) is 5.73 Å². The topological polar surface area (TPSA) is 84.8 Å². The van der Waals surface area contributed by atoms with Crippen LogP contribution in [0.1, 0.15) is 30.1 Å². The number of benzene rings is 1. The van der Waals surface area contributed by atoms with Gasteiger partial charge in [-0.15, -0.1) is 0 Å². The van der Waals surface area contributed by atoms with Gasteiger partial charge in [-0.1, -0.05) is 0 Å². The number of aromatic nitrogens is 2. The number of nitriles is 1. The Morgan fingerprint density at radius 3 is 2.75 bits per heavy atom. The molecule has 1 aromatic carbocycles. The minimum Gasteiger partial charge on any atom is -0.439 e. The molecule has 1 heterocycles. The molecule has 0 radical (unpaired) electrons. The SMILES string of the molecule is N#Cc1ccc(Oc2cc(N)nc(C3CC3)n2)cc1F. The summed E-state index contributed by atoms with van der Waals surface area (Å²) in [6, 6.07) is 7.25. The van der Waals surface area contributed by atoms with Gasteiger partial charge in [0.1, 0.15) is 29.3 Å². The van der Waals surface area contributed by atoms with Gasteiger partial charge in [0, 0.05) is 18.1 Å². The molecule has 0 atom stereocenters. The monoisotopic (exact) mass is 270 g/mol. The number of hydrogen-bond acceptors (Lipinski definition) is 5. The highest BCUT2D eigenvalue weighted by Gasteiger charge is 2.27. The van der Waals surface area contributed by atoms with Crippen molar-refractivity contribution in [3.63, 3.8) is 0 Å². The van der Waals surface area contributed by atoms with Gasteiger partial charge in [-0.2, -0.15) is 10.2 Å². The van der Waals surface area contributed by atoms with Crippen LogP contribution in [0.2, 0.25) is 0 Å². The van der Waals surface area contributed by atoms with Crippen molar-refractivity contribution in [2.24, 2.45) is 0 Å². The Kier molecular flexibility index (Phi) is 2.95. The van der Waals surface area contributed by atoms with Crippen molar-refractivity contribution < 1.29 is 9.13 Å². The molecule has 1 aliphatic carbocycles. The van der Waals surface area contributed by atoms with E-state index in [9.17, 15) is 4.39 Å². The van der Waals surface area contributed by atoms with Crippen LogP contribution in [-0.4, -0.2) is 9.97 Å². The molecular weight excluding hydrogens is 259 g/mol. The molecule has 6 heteroatoms. The van der Waals surface area contributed by atoms with Crippen molar-refractivity contribution in [3.05, 3.63) is 41.5 Å². The molecule has 0 aliphatic heterocycles. The first-order valence-corrected chi connectivity index (χ1v) is 6.17. The lowest BCUT2D eigenvalue weighted by molar-refractivity contribution is 0.454. The number of nitrogens with two attached hydrogens (primary N) is 1. The smallest absolute Gasteiger partial charge is 0.224 e. The van der Waals surface area contributed by atoms with E-state index in [1.54, 1.807) is 6.07 Å². The first kappa shape index (κ1) is 12.4. The highest BCUT2D eigenvalue weighted by molar-refractivity contribution is 5.40. The molecule has 0 amide bonds. The molecule has 100 valence electrons. The molecule has 1 aromatic heterocycles. The van der Waals surface area contributed by atoms with Crippen molar-refractivity contribution in [3.8, 4) is 17.7 Å². The number of rotatable bonds is 3. The highest BCUT2D eigenvalue weighted by atomic mass is 19.1. The summed E-state index contributed by atoms with van der Waals surface area (Å²) in [4.78, 5) is 8.41. The van der Waals surface area contributed by atoms with Crippen LogP contribution in [0.15, 0.2) is 24.3 Å². The maximum atomic E-state index is 13.5. The predicted molar refractivity (Wildman–Crippen MR) is 69.6 cm³/mol. The number of hydrogen-bond donors (Lipinski definition) is 1. The van der Waals surface area contributed by atoms with E-state index in [2.05, 4.69) is 9.97 Å². The van der Waals surface area contributed by atoms with E-state index in [1.807, 2.05) is 0 Å². The van der Waals surface area contributed by atoms with E-state index in [0.717, 1.165) is 18.9 Å². The highest BCUT2D eigenvalue weighted by Crippen LogP contribution is 2.39. The first-order valence-electron chi connectivity index (χ1n) is 6.17. The molecular formula is C14H11FN4O. The molecule has 1 aliphatic rings. The Morgan fingerprint density at radius 2 is 2.10 bits per heavy atom. The predicted octanol–water partition coefficient (Wildman–Crippen LogP) is 2.74. The summed E-state index contributed by atoms with van der Waals surface area (Å²) in [7, 11) is 0.